The number of hydrogen-bond donors (Lipinski definition) is 1. The fourth-order valence-corrected chi connectivity index (χ4v) is 2.71. The average molecular weight is 310 g/mol. The molecule has 1 saturated carbocycles. The minimum atomic E-state index is -0.218. The first-order valence-corrected chi connectivity index (χ1v) is 7.37. The molecule has 0 bridgehead atoms. The Morgan fingerprint density at radius 2 is 1.75 bits per heavy atom. The van der Waals surface area contributed by atoms with Gasteiger partial charge in [0, 0.05) is 0 Å². The van der Waals surface area contributed by atoms with Gasteiger partial charge in [-0.3, -0.25) is 0 Å². The summed E-state index contributed by atoms with van der Waals surface area (Å²) in [5.74, 6) is 0.347. The fourth-order valence-electron chi connectivity index (χ4n) is 2.36. The second-order valence-electron chi connectivity index (χ2n) is 5.11. The molecule has 0 aliphatic heterocycles. The molecule has 1 nitrogen and oxygen atoms in total. The molecule has 20 heavy (non-hydrogen) atoms. The van der Waals surface area contributed by atoms with Crippen LogP contribution in [0, 0.1) is 11.7 Å². The van der Waals surface area contributed by atoms with Crippen molar-refractivity contribution >= 4 is 28.9 Å². The molecule has 1 aliphatic rings. The quantitative estimate of drug-likeness (QED) is 0.764. The molecule has 1 atom stereocenters. The summed E-state index contributed by atoms with van der Waals surface area (Å²) in [5, 5.41) is 4.51. The highest BCUT2D eigenvalue weighted by atomic mass is 35.5. The van der Waals surface area contributed by atoms with E-state index in [1.807, 2.05) is 24.3 Å². The molecule has 1 N–H and O–H groups in total. The third-order valence-corrected chi connectivity index (χ3v) is 4.40. The van der Waals surface area contributed by atoms with Crippen LogP contribution >= 0.6 is 23.2 Å². The third-order valence-electron chi connectivity index (χ3n) is 3.59. The number of nitrogens with one attached hydrogen (secondary N) is 1. The van der Waals surface area contributed by atoms with Gasteiger partial charge in [0.25, 0.3) is 0 Å². The largest absolute Gasteiger partial charge is 0.377 e. The van der Waals surface area contributed by atoms with Crippen LogP contribution in [-0.2, 0) is 0 Å². The first-order chi connectivity index (χ1) is 9.65. The van der Waals surface area contributed by atoms with Crippen LogP contribution in [0.5, 0.6) is 0 Å². The summed E-state index contributed by atoms with van der Waals surface area (Å²) < 4.78 is 13.1. The molecular weight excluding hydrogens is 296 g/mol. The fraction of sp³-hybridized carbons (Fsp3) is 0.250. The zero-order chi connectivity index (χ0) is 14.1. The van der Waals surface area contributed by atoms with Crippen molar-refractivity contribution in [3.05, 3.63) is 63.9 Å². The van der Waals surface area contributed by atoms with Gasteiger partial charge in [0.05, 0.1) is 21.8 Å². The van der Waals surface area contributed by atoms with Crippen LogP contribution in [-0.4, -0.2) is 0 Å². The second-order valence-corrected chi connectivity index (χ2v) is 5.90. The minimum absolute atomic E-state index is 0.145. The van der Waals surface area contributed by atoms with Crippen molar-refractivity contribution < 1.29 is 4.39 Å². The van der Waals surface area contributed by atoms with E-state index in [4.69, 9.17) is 23.2 Å². The van der Waals surface area contributed by atoms with Crippen LogP contribution in [0.4, 0.5) is 10.1 Å². The van der Waals surface area contributed by atoms with Crippen LogP contribution in [0.3, 0.4) is 0 Å². The van der Waals surface area contributed by atoms with Crippen molar-refractivity contribution in [1.82, 2.24) is 0 Å². The Morgan fingerprint density at radius 1 is 1.05 bits per heavy atom. The summed E-state index contributed by atoms with van der Waals surface area (Å²) in [4.78, 5) is 0. The van der Waals surface area contributed by atoms with E-state index in [0.29, 0.717) is 16.0 Å². The van der Waals surface area contributed by atoms with Gasteiger partial charge in [-0.15, -0.1) is 0 Å². The molecule has 1 fully saturated rings. The van der Waals surface area contributed by atoms with Gasteiger partial charge >= 0.3 is 0 Å². The molecular formula is C16H14Cl2FN. The Labute approximate surface area is 127 Å². The zero-order valence-corrected chi connectivity index (χ0v) is 12.3. The molecule has 0 amide bonds. The molecule has 0 radical (unpaired) electrons. The van der Waals surface area contributed by atoms with Crippen LogP contribution in [0.15, 0.2) is 42.5 Å². The molecule has 3 rings (SSSR count). The molecule has 2 aromatic carbocycles. The molecule has 1 unspecified atom stereocenters. The van der Waals surface area contributed by atoms with Crippen LogP contribution in [0.2, 0.25) is 10.0 Å². The number of hydrogen-bond acceptors (Lipinski definition) is 1. The molecule has 0 spiro atoms. The zero-order valence-electron chi connectivity index (χ0n) is 10.7. The number of anilines is 1. The summed E-state index contributed by atoms with van der Waals surface area (Å²) in [6.07, 6.45) is 2.35. The van der Waals surface area contributed by atoms with Gasteiger partial charge in [-0.25, -0.2) is 4.39 Å². The van der Waals surface area contributed by atoms with E-state index in [9.17, 15) is 4.39 Å². The van der Waals surface area contributed by atoms with E-state index in [1.165, 1.54) is 25.0 Å². The molecule has 1 aliphatic carbocycles. The van der Waals surface area contributed by atoms with Crippen molar-refractivity contribution in [2.75, 3.05) is 5.32 Å². The van der Waals surface area contributed by atoms with Gasteiger partial charge in [-0.05, 0) is 48.6 Å². The lowest BCUT2D eigenvalue weighted by atomic mass is 10.0. The van der Waals surface area contributed by atoms with Crippen molar-refractivity contribution in [2.45, 2.75) is 18.9 Å². The lowest BCUT2D eigenvalue weighted by Gasteiger charge is -2.21. The summed E-state index contributed by atoms with van der Waals surface area (Å²) >= 11 is 12.3. The van der Waals surface area contributed by atoms with Crippen LogP contribution < -0.4 is 5.32 Å². The average Bonchev–Trinajstić information content (AvgIpc) is 3.26. The Bertz CT molecular complexity index is 608. The van der Waals surface area contributed by atoms with Gasteiger partial charge in [0.15, 0.2) is 0 Å². The molecule has 4 heteroatoms. The van der Waals surface area contributed by atoms with Crippen molar-refractivity contribution in [3.8, 4) is 0 Å². The van der Waals surface area contributed by atoms with Crippen LogP contribution in [0.1, 0.15) is 24.4 Å². The molecule has 0 aromatic heterocycles. The maximum absolute atomic E-state index is 13.1. The van der Waals surface area contributed by atoms with Crippen molar-refractivity contribution in [2.24, 2.45) is 5.92 Å². The first kappa shape index (κ1) is 13.7. The maximum Gasteiger partial charge on any atom is 0.123 e. The van der Waals surface area contributed by atoms with Gasteiger partial charge in [0.2, 0.25) is 0 Å². The monoisotopic (exact) mass is 309 g/mol. The molecule has 0 heterocycles. The first-order valence-electron chi connectivity index (χ1n) is 6.61. The maximum atomic E-state index is 13.1. The predicted molar refractivity (Wildman–Crippen MR) is 81.9 cm³/mol. The molecule has 2 aromatic rings. The number of rotatable bonds is 4. The highest BCUT2D eigenvalue weighted by Gasteiger charge is 2.32. The molecule has 104 valence electrons. The van der Waals surface area contributed by atoms with Gasteiger partial charge in [-0.2, -0.15) is 0 Å². The lowest BCUT2D eigenvalue weighted by molar-refractivity contribution is 0.622. The minimum Gasteiger partial charge on any atom is -0.377 e. The smallest absolute Gasteiger partial charge is 0.123 e. The third kappa shape index (κ3) is 2.92. The number of halogens is 3. The Hall–Kier alpha value is -1.25. The Morgan fingerprint density at radius 3 is 2.40 bits per heavy atom. The number of benzene rings is 2. The van der Waals surface area contributed by atoms with Crippen molar-refractivity contribution in [1.29, 1.82) is 0 Å². The van der Waals surface area contributed by atoms with E-state index < -0.39 is 0 Å². The van der Waals surface area contributed by atoms with E-state index in [1.54, 1.807) is 6.07 Å². The second kappa shape index (κ2) is 5.63. The predicted octanol–water partition coefficient (Wildman–Crippen LogP) is 5.70. The summed E-state index contributed by atoms with van der Waals surface area (Å²) in [5.41, 5.74) is 1.89. The summed E-state index contributed by atoms with van der Waals surface area (Å²) in [6.45, 7) is 0. The topological polar surface area (TPSA) is 12.0 Å². The lowest BCUT2D eigenvalue weighted by Crippen LogP contribution is -2.13. The van der Waals surface area contributed by atoms with E-state index >= 15 is 0 Å². The standard InChI is InChI=1S/C16H14Cl2FN/c17-13-2-1-3-14(15(13)18)20-16(10-4-5-10)11-6-8-12(19)9-7-11/h1-3,6-10,16,20H,4-5H2. The Balaban J connectivity index is 1.88. The molecule has 0 saturated heterocycles. The van der Waals surface area contributed by atoms with E-state index in [2.05, 4.69) is 5.32 Å². The van der Waals surface area contributed by atoms with Crippen LogP contribution in [0.25, 0.3) is 0 Å². The van der Waals surface area contributed by atoms with Gasteiger partial charge < -0.3 is 5.32 Å². The van der Waals surface area contributed by atoms with Gasteiger partial charge in [0.1, 0.15) is 5.82 Å². The normalized spacial score (nSPS) is 15.9. The highest BCUT2D eigenvalue weighted by molar-refractivity contribution is 6.43. The summed E-state index contributed by atoms with van der Waals surface area (Å²) in [6, 6.07) is 12.3. The van der Waals surface area contributed by atoms with Crippen molar-refractivity contribution in [3.63, 3.8) is 0 Å². The highest BCUT2D eigenvalue weighted by Crippen LogP contribution is 2.44. The van der Waals surface area contributed by atoms with E-state index in [0.717, 1.165) is 11.3 Å². The Kier molecular flexibility index (Phi) is 3.86. The summed E-state index contributed by atoms with van der Waals surface area (Å²) in [7, 11) is 0. The van der Waals surface area contributed by atoms with Gasteiger partial charge in [-0.1, -0.05) is 41.4 Å². The van der Waals surface area contributed by atoms with E-state index in [-0.39, 0.29) is 11.9 Å². The SMILES string of the molecule is Fc1ccc(C(Nc2cccc(Cl)c2Cl)C2CC2)cc1.